The van der Waals surface area contributed by atoms with Crippen LogP contribution in [0.4, 0.5) is 10.1 Å². The minimum atomic E-state index is -3.80. The average Bonchev–Trinajstić information content (AvgIpc) is 2.74. The van der Waals surface area contributed by atoms with E-state index < -0.39 is 34.3 Å². The second-order valence-electron chi connectivity index (χ2n) is 10.1. The molecule has 0 aliphatic carbocycles. The summed E-state index contributed by atoms with van der Waals surface area (Å²) in [6.07, 6.45) is 1.04. The molecule has 2 rings (SSSR count). The molecule has 0 heterocycles. The molecule has 9 heteroatoms. The van der Waals surface area contributed by atoms with E-state index in [1.54, 1.807) is 19.1 Å². The van der Waals surface area contributed by atoms with Crippen LogP contribution in [0.5, 0.6) is 0 Å². The van der Waals surface area contributed by atoms with Crippen LogP contribution in [-0.4, -0.2) is 50.0 Å². The molecule has 0 saturated heterocycles. The summed E-state index contributed by atoms with van der Waals surface area (Å²) in [5.74, 6) is -1.33. The zero-order chi connectivity index (χ0) is 26.6. The first-order valence-corrected chi connectivity index (χ1v) is 13.4. The molecule has 0 spiro atoms. The summed E-state index contributed by atoms with van der Waals surface area (Å²) in [6.45, 7) is 10.9. The fraction of sp³-hybridized carbons (Fsp3) is 0.462. The number of anilines is 1. The standard InChI is InChI=1S/C26H36FN3O4S/c1-18(2)28-25(32)19(3)29(16-20-8-12-22(27)13-9-20)24(31)17-30(35(7,33)34)23-14-10-21(11-15-23)26(4,5)6/h8-15,18-19H,16-17H2,1-7H3,(H,28,32). The Morgan fingerprint density at radius 1 is 0.971 bits per heavy atom. The Bertz CT molecular complexity index is 1120. The Balaban J connectivity index is 2.39. The van der Waals surface area contributed by atoms with Crippen molar-refractivity contribution in [1.82, 2.24) is 10.2 Å². The van der Waals surface area contributed by atoms with Gasteiger partial charge in [0.2, 0.25) is 21.8 Å². The van der Waals surface area contributed by atoms with E-state index in [9.17, 15) is 22.4 Å². The van der Waals surface area contributed by atoms with Crippen LogP contribution in [0.15, 0.2) is 48.5 Å². The maximum absolute atomic E-state index is 13.5. The summed E-state index contributed by atoms with van der Waals surface area (Å²) in [4.78, 5) is 27.5. The molecule has 35 heavy (non-hydrogen) atoms. The monoisotopic (exact) mass is 505 g/mol. The second-order valence-corrected chi connectivity index (χ2v) is 12.0. The molecule has 0 radical (unpaired) electrons. The van der Waals surface area contributed by atoms with Crippen molar-refractivity contribution >= 4 is 27.5 Å². The van der Waals surface area contributed by atoms with E-state index >= 15 is 0 Å². The number of hydrogen-bond acceptors (Lipinski definition) is 4. The van der Waals surface area contributed by atoms with Crippen LogP contribution in [0, 0.1) is 5.82 Å². The number of nitrogens with one attached hydrogen (secondary N) is 1. The number of hydrogen-bond donors (Lipinski definition) is 1. The first kappa shape index (κ1) is 28.3. The largest absolute Gasteiger partial charge is 0.352 e. The van der Waals surface area contributed by atoms with Crippen LogP contribution in [0.25, 0.3) is 0 Å². The van der Waals surface area contributed by atoms with Gasteiger partial charge in [0.05, 0.1) is 11.9 Å². The lowest BCUT2D eigenvalue weighted by atomic mass is 9.87. The van der Waals surface area contributed by atoms with Crippen molar-refractivity contribution in [1.29, 1.82) is 0 Å². The molecule has 1 unspecified atom stereocenters. The molecule has 0 saturated carbocycles. The molecular weight excluding hydrogens is 469 g/mol. The topological polar surface area (TPSA) is 86.8 Å². The molecule has 0 aliphatic heterocycles. The van der Waals surface area contributed by atoms with Gasteiger partial charge in [-0.05, 0) is 61.6 Å². The van der Waals surface area contributed by atoms with Gasteiger partial charge in [-0.2, -0.15) is 0 Å². The number of sulfonamides is 1. The lowest BCUT2D eigenvalue weighted by molar-refractivity contribution is -0.139. The summed E-state index contributed by atoms with van der Waals surface area (Å²) in [5.41, 5.74) is 1.88. The quantitative estimate of drug-likeness (QED) is 0.561. The normalized spacial score (nSPS) is 12.8. The minimum absolute atomic E-state index is 0.0202. The Morgan fingerprint density at radius 2 is 1.51 bits per heavy atom. The predicted octanol–water partition coefficient (Wildman–Crippen LogP) is 3.83. The smallest absolute Gasteiger partial charge is 0.244 e. The fourth-order valence-corrected chi connectivity index (χ4v) is 4.37. The van der Waals surface area contributed by atoms with E-state index in [0.29, 0.717) is 11.3 Å². The highest BCUT2D eigenvalue weighted by molar-refractivity contribution is 7.92. The summed E-state index contributed by atoms with van der Waals surface area (Å²) in [6, 6.07) is 11.6. The molecule has 2 aromatic carbocycles. The van der Waals surface area contributed by atoms with Gasteiger partial charge in [0.15, 0.2) is 0 Å². The molecule has 192 valence electrons. The molecule has 7 nitrogen and oxygen atoms in total. The van der Waals surface area contributed by atoms with Gasteiger partial charge in [0, 0.05) is 12.6 Å². The Morgan fingerprint density at radius 3 is 1.97 bits per heavy atom. The summed E-state index contributed by atoms with van der Waals surface area (Å²) < 4.78 is 39.7. The minimum Gasteiger partial charge on any atom is -0.352 e. The van der Waals surface area contributed by atoms with Crippen molar-refractivity contribution < 1.29 is 22.4 Å². The van der Waals surface area contributed by atoms with Crippen molar-refractivity contribution in [2.45, 2.75) is 65.6 Å². The van der Waals surface area contributed by atoms with Gasteiger partial charge in [0.25, 0.3) is 0 Å². The number of benzene rings is 2. The van der Waals surface area contributed by atoms with Gasteiger partial charge >= 0.3 is 0 Å². The van der Waals surface area contributed by atoms with Crippen LogP contribution < -0.4 is 9.62 Å². The SMILES string of the molecule is CC(C)NC(=O)C(C)N(Cc1ccc(F)cc1)C(=O)CN(c1ccc(C(C)(C)C)cc1)S(C)(=O)=O. The highest BCUT2D eigenvalue weighted by atomic mass is 32.2. The summed E-state index contributed by atoms with van der Waals surface area (Å²) >= 11 is 0. The molecule has 0 aromatic heterocycles. The summed E-state index contributed by atoms with van der Waals surface area (Å²) in [7, 11) is -3.80. The molecule has 0 aliphatic rings. The van der Waals surface area contributed by atoms with Crippen molar-refractivity contribution in [3.8, 4) is 0 Å². The van der Waals surface area contributed by atoms with Crippen molar-refractivity contribution in [2.24, 2.45) is 0 Å². The fourth-order valence-electron chi connectivity index (χ4n) is 3.52. The number of rotatable bonds is 9. The maximum atomic E-state index is 13.5. The molecule has 1 N–H and O–H groups in total. The lowest BCUT2D eigenvalue weighted by Gasteiger charge is -2.32. The highest BCUT2D eigenvalue weighted by Gasteiger charge is 2.30. The van der Waals surface area contributed by atoms with Gasteiger partial charge in [-0.1, -0.05) is 45.0 Å². The molecule has 0 fully saturated rings. The number of carbonyl (C=O) groups excluding carboxylic acids is 2. The van der Waals surface area contributed by atoms with Crippen LogP contribution in [0.1, 0.15) is 52.7 Å². The molecular formula is C26H36FN3O4S. The van der Waals surface area contributed by atoms with Crippen LogP contribution in [-0.2, 0) is 31.6 Å². The van der Waals surface area contributed by atoms with E-state index in [1.165, 1.54) is 29.2 Å². The van der Waals surface area contributed by atoms with Crippen LogP contribution in [0.3, 0.4) is 0 Å². The van der Waals surface area contributed by atoms with E-state index in [1.807, 2.05) is 26.0 Å². The van der Waals surface area contributed by atoms with Crippen molar-refractivity contribution in [2.75, 3.05) is 17.1 Å². The number of nitrogens with zero attached hydrogens (tertiary/aromatic N) is 2. The molecule has 1 atom stereocenters. The van der Waals surface area contributed by atoms with E-state index in [-0.39, 0.29) is 23.9 Å². The Hall–Kier alpha value is -2.94. The molecule has 2 amide bonds. The van der Waals surface area contributed by atoms with Crippen LogP contribution in [0.2, 0.25) is 0 Å². The predicted molar refractivity (Wildman–Crippen MR) is 137 cm³/mol. The lowest BCUT2D eigenvalue weighted by Crippen LogP contribution is -2.52. The number of amides is 2. The maximum Gasteiger partial charge on any atom is 0.244 e. The van der Waals surface area contributed by atoms with Crippen LogP contribution >= 0.6 is 0 Å². The van der Waals surface area contributed by atoms with Crippen molar-refractivity contribution in [3.63, 3.8) is 0 Å². The zero-order valence-electron chi connectivity index (χ0n) is 21.5. The third-order valence-electron chi connectivity index (χ3n) is 5.56. The van der Waals surface area contributed by atoms with Gasteiger partial charge < -0.3 is 10.2 Å². The number of halogens is 1. The third kappa shape index (κ3) is 8.06. The Labute approximate surface area is 208 Å². The average molecular weight is 506 g/mol. The first-order chi connectivity index (χ1) is 16.1. The second kappa shape index (κ2) is 11.2. The van der Waals surface area contributed by atoms with E-state index in [2.05, 4.69) is 26.1 Å². The van der Waals surface area contributed by atoms with E-state index in [4.69, 9.17) is 0 Å². The Kier molecular flexibility index (Phi) is 9.06. The van der Waals surface area contributed by atoms with E-state index in [0.717, 1.165) is 16.1 Å². The highest BCUT2D eigenvalue weighted by Crippen LogP contribution is 2.26. The van der Waals surface area contributed by atoms with Gasteiger partial charge in [-0.25, -0.2) is 12.8 Å². The van der Waals surface area contributed by atoms with Crippen molar-refractivity contribution in [3.05, 3.63) is 65.5 Å². The van der Waals surface area contributed by atoms with Gasteiger partial charge in [-0.3, -0.25) is 13.9 Å². The number of carbonyl (C=O) groups is 2. The molecule has 2 aromatic rings. The zero-order valence-corrected chi connectivity index (χ0v) is 22.3. The first-order valence-electron chi connectivity index (χ1n) is 11.5. The van der Waals surface area contributed by atoms with Gasteiger partial charge in [-0.15, -0.1) is 0 Å². The third-order valence-corrected chi connectivity index (χ3v) is 6.71. The molecule has 0 bridgehead atoms. The van der Waals surface area contributed by atoms with Gasteiger partial charge in [0.1, 0.15) is 18.4 Å². The summed E-state index contributed by atoms with van der Waals surface area (Å²) in [5, 5.41) is 2.78.